The van der Waals surface area contributed by atoms with Crippen molar-refractivity contribution in [1.82, 2.24) is 9.80 Å². The minimum atomic E-state index is -0.484. The van der Waals surface area contributed by atoms with Crippen molar-refractivity contribution in [3.8, 4) is 0 Å². The second kappa shape index (κ2) is 12.4. The first-order valence-electron chi connectivity index (χ1n) is 13.9. The van der Waals surface area contributed by atoms with Crippen LogP contribution in [0.5, 0.6) is 0 Å². The first-order valence-corrected chi connectivity index (χ1v) is 13.9. The van der Waals surface area contributed by atoms with Crippen LogP contribution in [-0.4, -0.2) is 60.8 Å². The van der Waals surface area contributed by atoms with Gasteiger partial charge in [0.05, 0.1) is 19.3 Å². The Labute approximate surface area is 231 Å². The van der Waals surface area contributed by atoms with E-state index in [1.165, 1.54) is 12.1 Å². The van der Waals surface area contributed by atoms with Crippen LogP contribution in [0.4, 0.5) is 13.6 Å². The fraction of sp³-hybridized carbons (Fsp3) is 0.469. The van der Waals surface area contributed by atoms with Gasteiger partial charge >= 0.3 is 6.03 Å². The Morgan fingerprint density at radius 1 is 1.13 bits per heavy atom. The van der Waals surface area contributed by atoms with Crippen molar-refractivity contribution in [2.75, 3.05) is 32.8 Å². The summed E-state index contributed by atoms with van der Waals surface area (Å²) in [5, 5.41) is 0. The third-order valence-electron chi connectivity index (χ3n) is 7.47. The minimum absolute atomic E-state index is 0.0383. The lowest BCUT2D eigenvalue weighted by atomic mass is 9.76. The number of rotatable bonds is 8. The molecule has 2 aliphatic rings. The minimum Gasteiger partial charge on any atom is -0.378 e. The topological polar surface area (TPSA) is 58.8 Å². The van der Waals surface area contributed by atoms with E-state index in [1.54, 1.807) is 0 Å². The van der Waals surface area contributed by atoms with Crippen LogP contribution in [0.2, 0.25) is 0 Å². The number of morpholine rings is 1. The van der Waals surface area contributed by atoms with Crippen LogP contribution in [0.3, 0.4) is 0 Å². The SMILES string of the molecule is C[C@H](N)CCN(C(=O)N1CCOCC1)[C@@H](C1=CC(c2cc(F)ccc2F)=CC1Cc1ccccc1)C(C)(C)C. The third-order valence-corrected chi connectivity index (χ3v) is 7.47. The molecule has 1 aliphatic heterocycles. The van der Waals surface area contributed by atoms with Crippen LogP contribution in [0.25, 0.3) is 5.57 Å². The molecule has 39 heavy (non-hydrogen) atoms. The van der Waals surface area contributed by atoms with Crippen LogP contribution in [0.1, 0.15) is 45.2 Å². The number of carbonyl (C=O) groups is 1. The van der Waals surface area contributed by atoms with Crippen LogP contribution in [-0.2, 0) is 11.2 Å². The number of carbonyl (C=O) groups excluding carboxylic acids is 1. The van der Waals surface area contributed by atoms with Crippen LogP contribution in [0.15, 0.2) is 66.3 Å². The van der Waals surface area contributed by atoms with E-state index in [1.807, 2.05) is 47.1 Å². The molecule has 1 heterocycles. The Balaban J connectivity index is 1.80. The monoisotopic (exact) mass is 537 g/mol. The van der Waals surface area contributed by atoms with Gasteiger partial charge in [-0.05, 0) is 60.1 Å². The van der Waals surface area contributed by atoms with Gasteiger partial charge in [-0.3, -0.25) is 0 Å². The zero-order valence-corrected chi connectivity index (χ0v) is 23.5. The van der Waals surface area contributed by atoms with Gasteiger partial charge in [-0.25, -0.2) is 13.6 Å². The standard InChI is InChI=1S/C32H41F2N3O2/c1-22(35)12-13-37(31(38)36-14-16-39-17-15-36)30(32(2,3)4)28-20-25(27-21-26(33)10-11-29(27)34)19-24(28)18-23-8-6-5-7-9-23/h5-11,19-22,24,30H,12-18,35H2,1-4H3/t22-,24?,30-/m0/s1. The van der Waals surface area contributed by atoms with Gasteiger partial charge in [0.15, 0.2) is 0 Å². The lowest BCUT2D eigenvalue weighted by Gasteiger charge is -2.45. The van der Waals surface area contributed by atoms with E-state index in [2.05, 4.69) is 32.9 Å². The Morgan fingerprint density at radius 3 is 2.46 bits per heavy atom. The van der Waals surface area contributed by atoms with Crippen molar-refractivity contribution in [3.05, 3.63) is 89.0 Å². The Morgan fingerprint density at radius 2 is 1.82 bits per heavy atom. The molecule has 0 bridgehead atoms. The van der Waals surface area contributed by atoms with E-state index < -0.39 is 11.6 Å². The van der Waals surface area contributed by atoms with Gasteiger partial charge in [0.1, 0.15) is 11.6 Å². The molecule has 3 atom stereocenters. The molecular weight excluding hydrogens is 496 g/mol. The number of benzene rings is 2. The Bertz CT molecular complexity index is 1200. The predicted molar refractivity (Wildman–Crippen MR) is 152 cm³/mol. The second-order valence-corrected chi connectivity index (χ2v) is 11.8. The summed E-state index contributed by atoms with van der Waals surface area (Å²) >= 11 is 0. The maximum absolute atomic E-state index is 14.9. The van der Waals surface area contributed by atoms with E-state index >= 15 is 0 Å². The highest BCUT2D eigenvalue weighted by molar-refractivity contribution is 5.80. The number of amides is 2. The quantitative estimate of drug-likeness (QED) is 0.446. The summed E-state index contributed by atoms with van der Waals surface area (Å²) in [5.74, 6) is -1.05. The maximum atomic E-state index is 14.9. The predicted octanol–water partition coefficient (Wildman–Crippen LogP) is 6.05. The molecule has 1 unspecified atom stereocenters. The highest BCUT2D eigenvalue weighted by Gasteiger charge is 2.41. The normalized spacial score (nSPS) is 19.4. The molecule has 2 amide bonds. The number of ether oxygens (including phenoxy) is 1. The molecular formula is C32H41F2N3O2. The lowest BCUT2D eigenvalue weighted by Crippen LogP contribution is -2.56. The number of hydrogen-bond acceptors (Lipinski definition) is 3. The smallest absolute Gasteiger partial charge is 0.320 e. The van der Waals surface area contributed by atoms with Gasteiger partial charge < -0.3 is 20.3 Å². The highest BCUT2D eigenvalue weighted by Crippen LogP contribution is 2.42. The molecule has 1 saturated heterocycles. The zero-order valence-electron chi connectivity index (χ0n) is 23.5. The molecule has 0 aromatic heterocycles. The molecule has 2 aromatic rings. The molecule has 210 valence electrons. The summed E-state index contributed by atoms with van der Waals surface area (Å²) in [7, 11) is 0. The van der Waals surface area contributed by atoms with E-state index in [4.69, 9.17) is 10.5 Å². The number of allylic oxidation sites excluding steroid dienone is 3. The first-order chi connectivity index (χ1) is 18.5. The van der Waals surface area contributed by atoms with Crippen molar-refractivity contribution >= 4 is 11.6 Å². The molecule has 7 heteroatoms. The van der Waals surface area contributed by atoms with Gasteiger partial charge in [0, 0.05) is 37.2 Å². The average Bonchev–Trinajstić information content (AvgIpc) is 3.30. The summed E-state index contributed by atoms with van der Waals surface area (Å²) in [4.78, 5) is 17.9. The number of halogens is 2. The van der Waals surface area contributed by atoms with Crippen LogP contribution in [0, 0.1) is 23.0 Å². The molecule has 1 aliphatic carbocycles. The molecule has 4 rings (SSSR count). The molecule has 0 radical (unpaired) electrons. The maximum Gasteiger partial charge on any atom is 0.320 e. The van der Waals surface area contributed by atoms with Gasteiger partial charge in [-0.15, -0.1) is 0 Å². The van der Waals surface area contributed by atoms with Crippen LogP contribution < -0.4 is 5.73 Å². The first kappa shape index (κ1) is 29.0. The van der Waals surface area contributed by atoms with Gasteiger partial charge in [-0.2, -0.15) is 0 Å². The molecule has 2 N–H and O–H groups in total. The largest absolute Gasteiger partial charge is 0.378 e. The molecule has 1 fully saturated rings. The fourth-order valence-corrected chi connectivity index (χ4v) is 5.62. The van der Waals surface area contributed by atoms with Crippen molar-refractivity contribution < 1.29 is 18.3 Å². The van der Waals surface area contributed by atoms with Crippen molar-refractivity contribution in [2.24, 2.45) is 17.1 Å². The Hall–Kier alpha value is -3.03. The van der Waals surface area contributed by atoms with Crippen molar-refractivity contribution in [2.45, 2.75) is 52.6 Å². The summed E-state index contributed by atoms with van der Waals surface area (Å²) < 4.78 is 34.7. The van der Waals surface area contributed by atoms with Crippen molar-refractivity contribution in [1.29, 1.82) is 0 Å². The van der Waals surface area contributed by atoms with Gasteiger partial charge in [-0.1, -0.05) is 63.3 Å². The summed E-state index contributed by atoms with van der Waals surface area (Å²) in [6.45, 7) is 10.9. The highest BCUT2D eigenvalue weighted by atomic mass is 19.1. The van der Waals surface area contributed by atoms with E-state index in [-0.39, 0.29) is 35.0 Å². The summed E-state index contributed by atoms with van der Waals surface area (Å²) in [5.41, 5.74) is 8.86. The van der Waals surface area contributed by atoms with Gasteiger partial charge in [0.2, 0.25) is 0 Å². The second-order valence-electron chi connectivity index (χ2n) is 11.8. The summed E-state index contributed by atoms with van der Waals surface area (Å²) in [6.07, 6.45) is 5.35. The third kappa shape index (κ3) is 7.14. The number of urea groups is 1. The molecule has 2 aromatic carbocycles. The van der Waals surface area contributed by atoms with E-state index in [9.17, 15) is 13.6 Å². The molecule has 0 saturated carbocycles. The molecule has 0 spiro atoms. The Kier molecular flexibility index (Phi) is 9.23. The average molecular weight is 538 g/mol. The van der Waals surface area contributed by atoms with E-state index in [0.717, 1.165) is 17.2 Å². The van der Waals surface area contributed by atoms with E-state index in [0.29, 0.717) is 51.3 Å². The number of nitrogens with zero attached hydrogens (tertiary/aromatic N) is 2. The van der Waals surface area contributed by atoms with Crippen LogP contribution >= 0.6 is 0 Å². The van der Waals surface area contributed by atoms with Crippen molar-refractivity contribution in [3.63, 3.8) is 0 Å². The van der Waals surface area contributed by atoms with Gasteiger partial charge in [0.25, 0.3) is 0 Å². The summed E-state index contributed by atoms with van der Waals surface area (Å²) in [6, 6.07) is 13.3. The number of nitrogens with two attached hydrogens (primary N) is 1. The fourth-order valence-electron chi connectivity index (χ4n) is 5.62. The molecule has 5 nitrogen and oxygen atoms in total. The zero-order chi connectivity index (χ0) is 28.2. The number of hydrogen-bond donors (Lipinski definition) is 1. The lowest BCUT2D eigenvalue weighted by molar-refractivity contribution is 0.0332.